The standard InChI is InChI=1S/C16H19N3O4/c1-10(2)19(9-15(20)21)16(22)14-8-13(17-18-14)11-5-4-6-12(7-11)23-3/h4-8,10H,9H2,1-3H3,(H,17,18)(H,20,21). The molecular weight excluding hydrogens is 298 g/mol. The van der Waals surface area contributed by atoms with Crippen molar-refractivity contribution in [3.63, 3.8) is 0 Å². The van der Waals surface area contributed by atoms with Gasteiger partial charge in [-0.3, -0.25) is 14.7 Å². The van der Waals surface area contributed by atoms with Gasteiger partial charge in [0.25, 0.3) is 5.91 Å². The molecule has 0 radical (unpaired) electrons. The van der Waals surface area contributed by atoms with Gasteiger partial charge >= 0.3 is 5.97 Å². The average Bonchev–Trinajstić information content (AvgIpc) is 3.01. The number of rotatable bonds is 6. The fraction of sp³-hybridized carbons (Fsp3) is 0.312. The van der Waals surface area contributed by atoms with E-state index in [9.17, 15) is 9.59 Å². The highest BCUT2D eigenvalue weighted by Gasteiger charge is 2.23. The van der Waals surface area contributed by atoms with E-state index in [1.54, 1.807) is 27.0 Å². The maximum absolute atomic E-state index is 12.5. The van der Waals surface area contributed by atoms with Crippen LogP contribution in [0.2, 0.25) is 0 Å². The molecule has 0 aliphatic heterocycles. The normalized spacial score (nSPS) is 10.6. The highest BCUT2D eigenvalue weighted by Crippen LogP contribution is 2.23. The molecular formula is C16H19N3O4. The molecule has 1 aromatic carbocycles. The fourth-order valence-corrected chi connectivity index (χ4v) is 2.15. The monoisotopic (exact) mass is 317 g/mol. The van der Waals surface area contributed by atoms with Crippen LogP contribution in [-0.2, 0) is 4.79 Å². The number of ether oxygens (including phenoxy) is 1. The number of amides is 1. The SMILES string of the molecule is COc1cccc(-c2cc(C(=O)N(CC(=O)O)C(C)C)[nH]n2)c1. The predicted octanol–water partition coefficient (Wildman–Crippen LogP) is 2.02. The number of hydrogen-bond acceptors (Lipinski definition) is 4. The first kappa shape index (κ1) is 16.5. The summed E-state index contributed by atoms with van der Waals surface area (Å²) >= 11 is 0. The minimum Gasteiger partial charge on any atom is -0.497 e. The first-order valence-corrected chi connectivity index (χ1v) is 7.15. The van der Waals surface area contributed by atoms with Gasteiger partial charge in [0.05, 0.1) is 12.8 Å². The van der Waals surface area contributed by atoms with E-state index in [1.165, 1.54) is 4.90 Å². The maximum Gasteiger partial charge on any atom is 0.323 e. The van der Waals surface area contributed by atoms with Crippen LogP contribution >= 0.6 is 0 Å². The molecule has 2 rings (SSSR count). The number of H-pyrrole nitrogens is 1. The van der Waals surface area contributed by atoms with Gasteiger partial charge < -0.3 is 14.7 Å². The van der Waals surface area contributed by atoms with E-state index in [4.69, 9.17) is 9.84 Å². The van der Waals surface area contributed by atoms with Gasteiger partial charge in [0, 0.05) is 11.6 Å². The Hall–Kier alpha value is -2.83. The third-order valence-electron chi connectivity index (χ3n) is 3.36. The minimum atomic E-state index is -1.06. The number of aliphatic carboxylic acids is 1. The summed E-state index contributed by atoms with van der Waals surface area (Å²) in [6.45, 7) is 3.17. The number of nitrogens with zero attached hydrogens (tertiary/aromatic N) is 2. The van der Waals surface area contributed by atoms with Crippen molar-refractivity contribution in [3.05, 3.63) is 36.0 Å². The van der Waals surface area contributed by atoms with Crippen molar-refractivity contribution in [2.45, 2.75) is 19.9 Å². The fourth-order valence-electron chi connectivity index (χ4n) is 2.15. The van der Waals surface area contributed by atoms with Crippen LogP contribution in [0.1, 0.15) is 24.3 Å². The lowest BCUT2D eigenvalue weighted by Gasteiger charge is -2.23. The topological polar surface area (TPSA) is 95.5 Å². The second-order valence-corrected chi connectivity index (χ2v) is 5.32. The molecule has 2 N–H and O–H groups in total. The van der Waals surface area contributed by atoms with E-state index in [-0.39, 0.29) is 18.3 Å². The van der Waals surface area contributed by atoms with Crippen LogP contribution in [0.3, 0.4) is 0 Å². The molecule has 0 saturated heterocycles. The van der Waals surface area contributed by atoms with Crippen molar-refractivity contribution >= 4 is 11.9 Å². The summed E-state index contributed by atoms with van der Waals surface area (Å²) in [5.41, 5.74) is 1.64. The smallest absolute Gasteiger partial charge is 0.323 e. The zero-order valence-electron chi connectivity index (χ0n) is 13.2. The highest BCUT2D eigenvalue weighted by atomic mass is 16.5. The molecule has 7 nitrogen and oxygen atoms in total. The molecule has 0 aliphatic rings. The quantitative estimate of drug-likeness (QED) is 0.850. The van der Waals surface area contributed by atoms with E-state index in [0.717, 1.165) is 5.56 Å². The lowest BCUT2D eigenvalue weighted by Crippen LogP contribution is -2.40. The van der Waals surface area contributed by atoms with Crippen molar-refractivity contribution in [2.75, 3.05) is 13.7 Å². The van der Waals surface area contributed by atoms with Crippen LogP contribution in [0.25, 0.3) is 11.3 Å². The molecule has 1 amide bonds. The van der Waals surface area contributed by atoms with Crippen molar-refractivity contribution in [3.8, 4) is 17.0 Å². The Morgan fingerprint density at radius 2 is 2.09 bits per heavy atom. The van der Waals surface area contributed by atoms with Crippen LogP contribution in [-0.4, -0.2) is 51.8 Å². The summed E-state index contributed by atoms with van der Waals surface area (Å²) in [5.74, 6) is -0.767. The number of benzene rings is 1. The zero-order valence-corrected chi connectivity index (χ0v) is 13.2. The number of aromatic amines is 1. The average molecular weight is 317 g/mol. The molecule has 0 atom stereocenters. The molecule has 0 fully saturated rings. The van der Waals surface area contributed by atoms with E-state index < -0.39 is 11.9 Å². The molecule has 0 spiro atoms. The van der Waals surface area contributed by atoms with E-state index in [1.807, 2.05) is 24.3 Å². The number of methoxy groups -OCH3 is 1. The summed E-state index contributed by atoms with van der Waals surface area (Å²) in [7, 11) is 1.57. The molecule has 2 aromatic rings. The van der Waals surface area contributed by atoms with Gasteiger partial charge in [-0.25, -0.2) is 0 Å². The van der Waals surface area contributed by atoms with Gasteiger partial charge in [-0.2, -0.15) is 5.10 Å². The number of carboxylic acids is 1. The summed E-state index contributed by atoms with van der Waals surface area (Å²) < 4.78 is 5.17. The van der Waals surface area contributed by atoms with Gasteiger partial charge in [0.1, 0.15) is 18.0 Å². The van der Waals surface area contributed by atoms with Crippen LogP contribution < -0.4 is 4.74 Å². The Labute approximate surface area is 133 Å². The molecule has 7 heteroatoms. The highest BCUT2D eigenvalue weighted by molar-refractivity contribution is 5.95. The Morgan fingerprint density at radius 1 is 1.35 bits per heavy atom. The first-order chi connectivity index (χ1) is 10.9. The van der Waals surface area contributed by atoms with Crippen LogP contribution in [0.5, 0.6) is 5.75 Å². The van der Waals surface area contributed by atoms with Crippen LogP contribution in [0.4, 0.5) is 0 Å². The Kier molecular flexibility index (Phi) is 5.00. The maximum atomic E-state index is 12.5. The number of carbonyl (C=O) groups excluding carboxylic acids is 1. The molecule has 1 aromatic heterocycles. The summed E-state index contributed by atoms with van der Waals surface area (Å²) in [5, 5.41) is 15.7. The summed E-state index contributed by atoms with van der Waals surface area (Å²) in [4.78, 5) is 24.6. The van der Waals surface area contributed by atoms with E-state index in [0.29, 0.717) is 11.4 Å². The van der Waals surface area contributed by atoms with Crippen LogP contribution in [0, 0.1) is 0 Å². The lowest BCUT2D eigenvalue weighted by atomic mass is 10.1. The van der Waals surface area contributed by atoms with Crippen molar-refractivity contribution in [2.24, 2.45) is 0 Å². The van der Waals surface area contributed by atoms with Gasteiger partial charge in [0.15, 0.2) is 0 Å². The minimum absolute atomic E-state index is 0.234. The molecule has 23 heavy (non-hydrogen) atoms. The molecule has 1 heterocycles. The summed E-state index contributed by atoms with van der Waals surface area (Å²) in [6, 6.07) is 8.67. The molecule has 0 aliphatic carbocycles. The molecule has 0 saturated carbocycles. The van der Waals surface area contributed by atoms with Gasteiger partial charge in [-0.15, -0.1) is 0 Å². The number of aromatic nitrogens is 2. The second-order valence-electron chi connectivity index (χ2n) is 5.32. The number of carbonyl (C=O) groups is 2. The molecule has 122 valence electrons. The Bertz CT molecular complexity index is 709. The van der Waals surface area contributed by atoms with Crippen molar-refractivity contribution < 1.29 is 19.4 Å². The zero-order chi connectivity index (χ0) is 17.0. The number of carboxylic acid groups (broad SMARTS) is 1. The first-order valence-electron chi connectivity index (χ1n) is 7.15. The molecule has 0 bridgehead atoms. The van der Waals surface area contributed by atoms with Crippen molar-refractivity contribution in [1.82, 2.24) is 15.1 Å². The van der Waals surface area contributed by atoms with Gasteiger partial charge in [-0.1, -0.05) is 12.1 Å². The van der Waals surface area contributed by atoms with Gasteiger partial charge in [-0.05, 0) is 32.0 Å². The third-order valence-corrected chi connectivity index (χ3v) is 3.36. The number of hydrogen-bond donors (Lipinski definition) is 2. The summed E-state index contributed by atoms with van der Waals surface area (Å²) in [6.07, 6.45) is 0. The Balaban J connectivity index is 2.26. The largest absolute Gasteiger partial charge is 0.497 e. The van der Waals surface area contributed by atoms with Crippen LogP contribution in [0.15, 0.2) is 30.3 Å². The Morgan fingerprint density at radius 3 is 2.70 bits per heavy atom. The second kappa shape index (κ2) is 6.95. The van der Waals surface area contributed by atoms with Crippen molar-refractivity contribution in [1.29, 1.82) is 0 Å². The predicted molar refractivity (Wildman–Crippen MR) is 84.4 cm³/mol. The van der Waals surface area contributed by atoms with Gasteiger partial charge in [0.2, 0.25) is 0 Å². The number of nitrogens with one attached hydrogen (secondary N) is 1. The lowest BCUT2D eigenvalue weighted by molar-refractivity contribution is -0.138. The van der Waals surface area contributed by atoms with E-state index >= 15 is 0 Å². The third kappa shape index (κ3) is 3.88. The molecule has 0 unspecified atom stereocenters. The van der Waals surface area contributed by atoms with E-state index in [2.05, 4.69) is 10.2 Å².